The molecule has 0 unspecified atom stereocenters. The third-order valence-corrected chi connectivity index (χ3v) is 9.30. The Morgan fingerprint density at radius 2 is 1.55 bits per heavy atom. The first-order valence-corrected chi connectivity index (χ1v) is 16.0. The number of nitrogens with one attached hydrogen (secondary N) is 1. The first-order chi connectivity index (χ1) is 19.5. The smallest absolute Gasteiger partial charge is 0.264 e. The van der Waals surface area contributed by atoms with Gasteiger partial charge in [-0.25, -0.2) is 8.42 Å². The Morgan fingerprint density at radius 1 is 0.905 bits per heavy atom. The minimum Gasteiger partial charge on any atom is -0.350 e. The molecule has 1 atom stereocenters. The maximum absolute atomic E-state index is 14.2. The highest BCUT2D eigenvalue weighted by Crippen LogP contribution is 2.31. The summed E-state index contributed by atoms with van der Waals surface area (Å²) in [5.41, 5.74) is 1.83. The van der Waals surface area contributed by atoms with Gasteiger partial charge in [-0.15, -0.1) is 0 Å². The zero-order valence-electron chi connectivity index (χ0n) is 24.5. The lowest BCUT2D eigenvalue weighted by Crippen LogP contribution is -2.55. The van der Waals surface area contributed by atoms with Crippen molar-refractivity contribution in [1.29, 1.82) is 0 Å². The van der Waals surface area contributed by atoms with Gasteiger partial charge in [-0.05, 0) is 88.6 Å². The summed E-state index contributed by atoms with van der Waals surface area (Å²) in [5.74, 6) is -0.933. The first-order valence-electron chi connectivity index (χ1n) is 13.4. The van der Waals surface area contributed by atoms with E-state index in [0.717, 1.165) is 9.87 Å². The molecule has 0 heterocycles. The van der Waals surface area contributed by atoms with E-state index in [2.05, 4.69) is 5.32 Å². The molecule has 0 spiro atoms. The largest absolute Gasteiger partial charge is 0.350 e. The van der Waals surface area contributed by atoms with E-state index in [1.807, 2.05) is 27.7 Å². The van der Waals surface area contributed by atoms with E-state index in [4.69, 9.17) is 34.8 Å². The number of hydrogen-bond donors (Lipinski definition) is 1. The van der Waals surface area contributed by atoms with Crippen molar-refractivity contribution in [2.75, 3.05) is 10.8 Å². The number of sulfonamides is 1. The van der Waals surface area contributed by atoms with Gasteiger partial charge in [0.1, 0.15) is 12.6 Å². The van der Waals surface area contributed by atoms with E-state index in [0.29, 0.717) is 26.2 Å². The topological polar surface area (TPSA) is 86.8 Å². The highest BCUT2D eigenvalue weighted by Gasteiger charge is 2.35. The van der Waals surface area contributed by atoms with Crippen LogP contribution in [0.25, 0.3) is 0 Å². The van der Waals surface area contributed by atoms with Gasteiger partial charge in [0.15, 0.2) is 0 Å². The molecule has 226 valence electrons. The minimum atomic E-state index is -4.22. The summed E-state index contributed by atoms with van der Waals surface area (Å²) in [4.78, 5) is 29.1. The highest BCUT2D eigenvalue weighted by atomic mass is 35.5. The van der Waals surface area contributed by atoms with Gasteiger partial charge in [0, 0.05) is 17.1 Å². The molecule has 0 radical (unpaired) electrons. The third kappa shape index (κ3) is 8.40. The van der Waals surface area contributed by atoms with Crippen molar-refractivity contribution in [3.63, 3.8) is 0 Å². The fourth-order valence-electron chi connectivity index (χ4n) is 4.41. The van der Waals surface area contributed by atoms with Gasteiger partial charge in [-0.3, -0.25) is 13.9 Å². The maximum Gasteiger partial charge on any atom is 0.264 e. The number of benzene rings is 3. The molecular weight excluding hydrogens is 617 g/mol. The Kier molecular flexibility index (Phi) is 11.0. The van der Waals surface area contributed by atoms with E-state index < -0.39 is 34.1 Å². The van der Waals surface area contributed by atoms with Crippen LogP contribution in [-0.4, -0.2) is 43.3 Å². The standard InChI is InChI=1S/C31H36Cl3N3O4S/c1-7-27(30(39)35-31(4,5)6)36(18-22-11-15-25(33)26(34)16-22)29(38)19-37(28-17-23(32)12-10-21(28)3)42(40,41)24-13-8-20(2)9-14-24/h8-17,27H,7,18-19H2,1-6H3,(H,35,39)/t27-/m0/s1. The lowest BCUT2D eigenvalue weighted by Gasteiger charge is -2.35. The Labute approximate surface area is 263 Å². The van der Waals surface area contributed by atoms with Gasteiger partial charge in [0.25, 0.3) is 10.0 Å². The van der Waals surface area contributed by atoms with Crippen LogP contribution >= 0.6 is 34.8 Å². The molecule has 0 fully saturated rings. The van der Waals surface area contributed by atoms with Crippen LogP contribution in [0.15, 0.2) is 65.6 Å². The summed E-state index contributed by atoms with van der Waals surface area (Å²) in [7, 11) is -4.22. The highest BCUT2D eigenvalue weighted by molar-refractivity contribution is 7.92. The molecule has 0 saturated carbocycles. The molecule has 0 saturated heterocycles. The van der Waals surface area contributed by atoms with Crippen LogP contribution in [0.4, 0.5) is 5.69 Å². The number of halogens is 3. The lowest BCUT2D eigenvalue weighted by molar-refractivity contribution is -0.141. The number of carbonyl (C=O) groups excluding carboxylic acids is 2. The molecule has 0 bridgehead atoms. The van der Waals surface area contributed by atoms with Gasteiger partial charge in [0.2, 0.25) is 11.8 Å². The van der Waals surface area contributed by atoms with Gasteiger partial charge < -0.3 is 10.2 Å². The fraction of sp³-hybridized carbons (Fsp3) is 0.355. The van der Waals surface area contributed by atoms with Crippen LogP contribution in [0, 0.1) is 13.8 Å². The molecule has 11 heteroatoms. The van der Waals surface area contributed by atoms with E-state index in [1.165, 1.54) is 23.1 Å². The SMILES string of the molecule is CC[C@@H](C(=O)NC(C)(C)C)N(Cc1ccc(Cl)c(Cl)c1)C(=O)CN(c1cc(Cl)ccc1C)S(=O)(=O)c1ccc(C)cc1. The van der Waals surface area contributed by atoms with E-state index >= 15 is 0 Å². The quantitative estimate of drug-likeness (QED) is 0.251. The fourth-order valence-corrected chi connectivity index (χ4v) is 6.37. The molecule has 42 heavy (non-hydrogen) atoms. The molecule has 1 N–H and O–H groups in total. The van der Waals surface area contributed by atoms with Crippen molar-refractivity contribution < 1.29 is 18.0 Å². The van der Waals surface area contributed by atoms with Crippen LogP contribution in [0.5, 0.6) is 0 Å². The van der Waals surface area contributed by atoms with Gasteiger partial charge in [-0.1, -0.05) is 71.6 Å². The molecule has 2 amide bonds. The van der Waals surface area contributed by atoms with Gasteiger partial charge >= 0.3 is 0 Å². The molecule has 3 aromatic carbocycles. The predicted molar refractivity (Wildman–Crippen MR) is 171 cm³/mol. The number of anilines is 1. The Hall–Kier alpha value is -2.78. The Morgan fingerprint density at radius 3 is 2.12 bits per heavy atom. The molecule has 0 aliphatic rings. The van der Waals surface area contributed by atoms with Crippen molar-refractivity contribution in [3.05, 3.63) is 92.4 Å². The summed E-state index contributed by atoms with van der Waals surface area (Å²) in [6.07, 6.45) is 0.288. The number of nitrogens with zero attached hydrogens (tertiary/aromatic N) is 2. The van der Waals surface area contributed by atoms with Crippen LogP contribution in [-0.2, 0) is 26.2 Å². The molecule has 3 aromatic rings. The van der Waals surface area contributed by atoms with Crippen molar-refractivity contribution in [2.24, 2.45) is 0 Å². The van der Waals surface area contributed by atoms with Crippen molar-refractivity contribution >= 4 is 62.3 Å². The van der Waals surface area contributed by atoms with Gasteiger partial charge in [-0.2, -0.15) is 0 Å². The van der Waals surface area contributed by atoms with Crippen LogP contribution < -0.4 is 9.62 Å². The maximum atomic E-state index is 14.2. The van der Waals surface area contributed by atoms with Crippen molar-refractivity contribution in [3.8, 4) is 0 Å². The monoisotopic (exact) mass is 651 g/mol. The summed E-state index contributed by atoms with van der Waals surface area (Å²) in [6, 6.07) is 15.3. The van der Waals surface area contributed by atoms with Crippen LogP contribution in [0.3, 0.4) is 0 Å². The summed E-state index contributed by atoms with van der Waals surface area (Å²) in [6.45, 7) is 10.4. The first kappa shape index (κ1) is 33.7. The van der Waals surface area contributed by atoms with E-state index in [-0.39, 0.29) is 29.5 Å². The van der Waals surface area contributed by atoms with Gasteiger partial charge in [0.05, 0.1) is 20.6 Å². The van der Waals surface area contributed by atoms with E-state index in [1.54, 1.807) is 56.3 Å². The van der Waals surface area contributed by atoms with Crippen LogP contribution in [0.1, 0.15) is 50.8 Å². The zero-order valence-corrected chi connectivity index (χ0v) is 27.6. The molecule has 0 aromatic heterocycles. The number of amides is 2. The van der Waals surface area contributed by atoms with Crippen LogP contribution in [0.2, 0.25) is 15.1 Å². The zero-order chi connectivity index (χ0) is 31.4. The average molecular weight is 653 g/mol. The second-order valence-electron chi connectivity index (χ2n) is 11.2. The Balaban J connectivity index is 2.13. The average Bonchev–Trinajstić information content (AvgIpc) is 2.89. The third-order valence-electron chi connectivity index (χ3n) is 6.55. The molecule has 7 nitrogen and oxygen atoms in total. The number of hydrogen-bond acceptors (Lipinski definition) is 4. The number of carbonyl (C=O) groups is 2. The molecule has 0 aliphatic heterocycles. The molecular formula is C31H36Cl3N3O4S. The molecule has 0 aliphatic carbocycles. The van der Waals surface area contributed by atoms with E-state index in [9.17, 15) is 18.0 Å². The number of aryl methyl sites for hydroxylation is 2. The van der Waals surface area contributed by atoms with Crippen molar-refractivity contribution in [1.82, 2.24) is 10.2 Å². The second-order valence-corrected chi connectivity index (χ2v) is 14.3. The summed E-state index contributed by atoms with van der Waals surface area (Å²) < 4.78 is 29.2. The predicted octanol–water partition coefficient (Wildman–Crippen LogP) is 7.18. The lowest BCUT2D eigenvalue weighted by atomic mass is 10.1. The number of rotatable bonds is 10. The normalized spacial score (nSPS) is 12.5. The summed E-state index contributed by atoms with van der Waals surface area (Å²) >= 11 is 18.7. The second kappa shape index (κ2) is 13.7. The minimum absolute atomic E-state index is 0.00125. The Bertz CT molecular complexity index is 1550. The van der Waals surface area contributed by atoms with Crippen molar-refractivity contribution in [2.45, 2.75) is 71.0 Å². The molecule has 3 rings (SSSR count). The summed E-state index contributed by atoms with van der Waals surface area (Å²) in [5, 5.41) is 3.91.